The number of benzene rings is 1. The molecule has 0 aliphatic carbocycles. The van der Waals surface area contributed by atoms with Crippen molar-refractivity contribution in [3.05, 3.63) is 22.7 Å². The van der Waals surface area contributed by atoms with Crippen molar-refractivity contribution in [3.63, 3.8) is 0 Å². The molecule has 2 aliphatic heterocycles. The van der Waals surface area contributed by atoms with E-state index in [0.717, 1.165) is 38.0 Å². The third-order valence-electron chi connectivity index (χ3n) is 3.93. The Labute approximate surface area is 128 Å². The molecule has 6 heteroatoms. The van der Waals surface area contributed by atoms with Crippen LogP contribution in [0.4, 0.5) is 0 Å². The number of esters is 1. The fourth-order valence-electron chi connectivity index (χ4n) is 2.93. The molecule has 114 valence electrons. The van der Waals surface area contributed by atoms with Gasteiger partial charge in [-0.3, -0.25) is 9.69 Å². The normalized spacial score (nSPS) is 21.3. The van der Waals surface area contributed by atoms with Crippen molar-refractivity contribution in [1.82, 2.24) is 4.90 Å². The number of fused-ring (bicyclic) bond motifs is 1. The SMILES string of the molecule is COC(=O)[C@H]1CCCN(Cc2cc(Cl)c3c(c2)OCO3)C1. The first-order valence-electron chi connectivity index (χ1n) is 7.05. The molecule has 21 heavy (non-hydrogen) atoms. The molecule has 1 aromatic rings. The average Bonchev–Trinajstić information content (AvgIpc) is 2.95. The Morgan fingerprint density at radius 3 is 3.14 bits per heavy atom. The molecule has 3 rings (SSSR count). The lowest BCUT2D eigenvalue weighted by molar-refractivity contribution is -0.147. The lowest BCUT2D eigenvalue weighted by Gasteiger charge is -2.31. The Morgan fingerprint density at radius 1 is 1.48 bits per heavy atom. The number of nitrogens with zero attached hydrogens (tertiary/aromatic N) is 1. The molecule has 0 unspecified atom stereocenters. The minimum absolute atomic E-state index is 0.0340. The predicted molar refractivity (Wildman–Crippen MR) is 77.6 cm³/mol. The molecular weight excluding hydrogens is 294 g/mol. The maximum Gasteiger partial charge on any atom is 0.309 e. The molecule has 0 amide bonds. The van der Waals surface area contributed by atoms with Gasteiger partial charge in [0.2, 0.25) is 6.79 Å². The van der Waals surface area contributed by atoms with Gasteiger partial charge in [0, 0.05) is 13.1 Å². The Kier molecular flexibility index (Phi) is 4.22. The van der Waals surface area contributed by atoms with Gasteiger partial charge in [-0.25, -0.2) is 0 Å². The quantitative estimate of drug-likeness (QED) is 0.803. The van der Waals surface area contributed by atoms with Gasteiger partial charge < -0.3 is 14.2 Å². The van der Waals surface area contributed by atoms with E-state index in [2.05, 4.69) is 4.90 Å². The Balaban J connectivity index is 1.69. The van der Waals surface area contributed by atoms with Gasteiger partial charge in [-0.2, -0.15) is 0 Å². The van der Waals surface area contributed by atoms with Crippen molar-refractivity contribution in [2.24, 2.45) is 5.92 Å². The van der Waals surface area contributed by atoms with E-state index in [1.54, 1.807) is 0 Å². The summed E-state index contributed by atoms with van der Waals surface area (Å²) in [6, 6.07) is 3.85. The van der Waals surface area contributed by atoms with Crippen LogP contribution in [0.5, 0.6) is 11.5 Å². The zero-order valence-electron chi connectivity index (χ0n) is 11.9. The Hall–Kier alpha value is -1.46. The summed E-state index contributed by atoms with van der Waals surface area (Å²) in [5.41, 5.74) is 1.06. The van der Waals surface area contributed by atoms with Crippen LogP contribution in [-0.2, 0) is 16.1 Å². The van der Waals surface area contributed by atoms with Crippen LogP contribution in [0, 0.1) is 5.92 Å². The molecule has 1 saturated heterocycles. The topological polar surface area (TPSA) is 48.0 Å². The monoisotopic (exact) mass is 311 g/mol. The van der Waals surface area contributed by atoms with Gasteiger partial charge in [0.1, 0.15) is 0 Å². The highest BCUT2D eigenvalue weighted by molar-refractivity contribution is 6.32. The van der Waals surface area contributed by atoms with E-state index in [4.69, 9.17) is 25.8 Å². The van der Waals surface area contributed by atoms with Crippen molar-refractivity contribution in [3.8, 4) is 11.5 Å². The van der Waals surface area contributed by atoms with E-state index < -0.39 is 0 Å². The molecule has 0 saturated carbocycles. The maximum atomic E-state index is 11.7. The van der Waals surface area contributed by atoms with Crippen LogP contribution in [0.3, 0.4) is 0 Å². The summed E-state index contributed by atoms with van der Waals surface area (Å²) in [5, 5.41) is 0.571. The highest BCUT2D eigenvalue weighted by atomic mass is 35.5. The number of piperidine rings is 1. The van der Waals surface area contributed by atoms with Crippen LogP contribution in [0.15, 0.2) is 12.1 Å². The van der Waals surface area contributed by atoms with Crippen molar-refractivity contribution in [2.45, 2.75) is 19.4 Å². The molecule has 1 aromatic carbocycles. The zero-order chi connectivity index (χ0) is 14.8. The van der Waals surface area contributed by atoms with Crippen LogP contribution in [0.1, 0.15) is 18.4 Å². The van der Waals surface area contributed by atoms with Gasteiger partial charge in [0.15, 0.2) is 11.5 Å². The molecule has 0 N–H and O–H groups in total. The molecule has 2 heterocycles. The van der Waals surface area contributed by atoms with Gasteiger partial charge >= 0.3 is 5.97 Å². The Morgan fingerprint density at radius 2 is 2.33 bits per heavy atom. The van der Waals surface area contributed by atoms with Crippen LogP contribution in [0.25, 0.3) is 0 Å². The third kappa shape index (κ3) is 3.09. The van der Waals surface area contributed by atoms with E-state index in [0.29, 0.717) is 16.5 Å². The van der Waals surface area contributed by atoms with Gasteiger partial charge in [0.25, 0.3) is 0 Å². The third-order valence-corrected chi connectivity index (χ3v) is 4.21. The predicted octanol–water partition coefficient (Wildman–Crippen LogP) is 2.45. The van der Waals surface area contributed by atoms with Gasteiger partial charge in [-0.15, -0.1) is 0 Å². The second-order valence-corrected chi connectivity index (χ2v) is 5.82. The molecule has 0 aromatic heterocycles. The van der Waals surface area contributed by atoms with Crippen molar-refractivity contribution in [2.75, 3.05) is 27.0 Å². The van der Waals surface area contributed by atoms with Crippen LogP contribution in [-0.4, -0.2) is 37.9 Å². The number of carbonyl (C=O) groups excluding carboxylic acids is 1. The number of hydrogen-bond donors (Lipinski definition) is 0. The molecule has 1 atom stereocenters. The first-order chi connectivity index (χ1) is 10.2. The number of likely N-dealkylation sites (tertiary alicyclic amines) is 1. The van der Waals surface area contributed by atoms with Crippen molar-refractivity contribution >= 4 is 17.6 Å². The van der Waals surface area contributed by atoms with E-state index in [-0.39, 0.29) is 18.7 Å². The summed E-state index contributed by atoms with van der Waals surface area (Å²) in [5.74, 6) is 1.15. The molecule has 1 fully saturated rings. The molecule has 5 nitrogen and oxygen atoms in total. The lowest BCUT2D eigenvalue weighted by Crippen LogP contribution is -2.38. The second kappa shape index (κ2) is 6.12. The zero-order valence-corrected chi connectivity index (χ0v) is 12.7. The summed E-state index contributed by atoms with van der Waals surface area (Å²) < 4.78 is 15.5. The maximum absolute atomic E-state index is 11.7. The molecule has 0 radical (unpaired) electrons. The summed E-state index contributed by atoms with van der Waals surface area (Å²) in [6.07, 6.45) is 1.89. The summed E-state index contributed by atoms with van der Waals surface area (Å²) in [4.78, 5) is 13.9. The first kappa shape index (κ1) is 14.5. The molecule has 0 spiro atoms. The number of hydrogen-bond acceptors (Lipinski definition) is 5. The second-order valence-electron chi connectivity index (χ2n) is 5.41. The van der Waals surface area contributed by atoms with Gasteiger partial charge in [-0.05, 0) is 37.1 Å². The summed E-state index contributed by atoms with van der Waals surface area (Å²) in [7, 11) is 1.44. The number of carbonyl (C=O) groups is 1. The fraction of sp³-hybridized carbons (Fsp3) is 0.533. The number of ether oxygens (including phenoxy) is 3. The summed E-state index contributed by atoms with van der Waals surface area (Å²) in [6.45, 7) is 2.65. The fourth-order valence-corrected chi connectivity index (χ4v) is 3.22. The molecule has 0 bridgehead atoms. The van der Waals surface area contributed by atoms with Gasteiger partial charge in [0.05, 0.1) is 18.1 Å². The minimum Gasteiger partial charge on any atom is -0.469 e. The highest BCUT2D eigenvalue weighted by Gasteiger charge is 2.27. The number of halogens is 1. The van der Waals surface area contributed by atoms with Crippen LogP contribution in [0.2, 0.25) is 5.02 Å². The number of methoxy groups -OCH3 is 1. The van der Waals surface area contributed by atoms with E-state index >= 15 is 0 Å². The van der Waals surface area contributed by atoms with Crippen LogP contribution < -0.4 is 9.47 Å². The minimum atomic E-state index is -0.122. The number of rotatable bonds is 3. The smallest absolute Gasteiger partial charge is 0.309 e. The standard InChI is InChI=1S/C15H18ClNO4/c1-19-15(18)11-3-2-4-17(8-11)7-10-5-12(16)14-13(6-10)20-9-21-14/h5-6,11H,2-4,7-9H2,1H3/t11-/m0/s1. The average molecular weight is 312 g/mol. The first-order valence-corrected chi connectivity index (χ1v) is 7.43. The van der Waals surface area contributed by atoms with Crippen LogP contribution >= 0.6 is 11.6 Å². The van der Waals surface area contributed by atoms with Gasteiger partial charge in [-0.1, -0.05) is 11.6 Å². The molecular formula is C15H18ClNO4. The van der Waals surface area contributed by atoms with E-state index in [9.17, 15) is 4.79 Å². The van der Waals surface area contributed by atoms with E-state index in [1.165, 1.54) is 7.11 Å². The van der Waals surface area contributed by atoms with Crippen molar-refractivity contribution < 1.29 is 19.0 Å². The van der Waals surface area contributed by atoms with Crippen molar-refractivity contribution in [1.29, 1.82) is 0 Å². The summed E-state index contributed by atoms with van der Waals surface area (Å²) >= 11 is 6.20. The highest BCUT2D eigenvalue weighted by Crippen LogP contribution is 2.40. The Bertz CT molecular complexity index is 549. The largest absolute Gasteiger partial charge is 0.469 e. The van der Waals surface area contributed by atoms with E-state index in [1.807, 2.05) is 12.1 Å². The lowest BCUT2D eigenvalue weighted by atomic mass is 9.98. The molecule has 2 aliphatic rings.